The van der Waals surface area contributed by atoms with Crippen LogP contribution in [0.5, 0.6) is 0 Å². The highest BCUT2D eigenvalue weighted by atomic mass is 32.2. The lowest BCUT2D eigenvalue weighted by molar-refractivity contribution is -0.137. The maximum Gasteiger partial charge on any atom is 0.417 e. The van der Waals surface area contributed by atoms with E-state index < -0.39 is 17.0 Å². The lowest BCUT2D eigenvalue weighted by atomic mass is 9.78. The minimum Gasteiger partial charge on any atom is -0.352 e. The number of pyridine rings is 1. The molecule has 0 saturated heterocycles. The van der Waals surface area contributed by atoms with Crippen LogP contribution in [0.3, 0.4) is 0 Å². The Hall–Kier alpha value is -1.24. The smallest absolute Gasteiger partial charge is 0.352 e. The summed E-state index contributed by atoms with van der Waals surface area (Å²) in [5.41, 5.74) is -0.783. The molecule has 0 radical (unpaired) electrons. The van der Waals surface area contributed by atoms with E-state index in [4.69, 9.17) is 0 Å². The highest BCUT2D eigenvalue weighted by molar-refractivity contribution is 8.00. The second-order valence-corrected chi connectivity index (χ2v) is 7.89. The average molecular weight is 360 g/mol. The highest BCUT2D eigenvalue weighted by Gasteiger charge is 2.31. The third-order valence-electron chi connectivity index (χ3n) is 4.76. The van der Waals surface area contributed by atoms with Crippen LogP contribution in [0, 0.1) is 11.8 Å². The van der Waals surface area contributed by atoms with Crippen LogP contribution in [0.4, 0.5) is 13.2 Å². The molecule has 24 heavy (non-hydrogen) atoms. The molecule has 0 bridgehead atoms. The van der Waals surface area contributed by atoms with Crippen molar-refractivity contribution in [3.63, 3.8) is 0 Å². The van der Waals surface area contributed by atoms with Crippen molar-refractivity contribution in [1.82, 2.24) is 10.3 Å². The van der Waals surface area contributed by atoms with Crippen molar-refractivity contribution in [1.29, 1.82) is 0 Å². The molecule has 1 aliphatic carbocycles. The third kappa shape index (κ3) is 4.88. The molecule has 1 aromatic heterocycles. The number of thioether (sulfide) groups is 1. The van der Waals surface area contributed by atoms with E-state index in [1.54, 1.807) is 6.92 Å². The quantitative estimate of drug-likeness (QED) is 0.803. The van der Waals surface area contributed by atoms with Gasteiger partial charge >= 0.3 is 6.18 Å². The number of halogens is 3. The van der Waals surface area contributed by atoms with Gasteiger partial charge in [0.25, 0.3) is 0 Å². The maximum absolute atomic E-state index is 12.5. The molecular weight excluding hydrogens is 337 g/mol. The van der Waals surface area contributed by atoms with Crippen LogP contribution in [0.25, 0.3) is 0 Å². The van der Waals surface area contributed by atoms with Gasteiger partial charge in [-0.1, -0.05) is 38.5 Å². The number of aromatic nitrogens is 1. The molecule has 1 aliphatic rings. The predicted molar refractivity (Wildman–Crippen MR) is 88.7 cm³/mol. The Morgan fingerprint density at radius 2 is 2.04 bits per heavy atom. The van der Waals surface area contributed by atoms with Gasteiger partial charge in [-0.2, -0.15) is 13.2 Å². The SMILES string of the molecule is C[C@@H]1[C@@H](C)CCC[C@H]1NC(=O)[C@H](C)Sc1ccc(C(F)(F)F)cn1. The molecule has 134 valence electrons. The number of carbonyl (C=O) groups is 1. The molecule has 1 heterocycles. The summed E-state index contributed by atoms with van der Waals surface area (Å²) in [6, 6.07) is 2.47. The van der Waals surface area contributed by atoms with Crippen molar-refractivity contribution in [2.75, 3.05) is 0 Å². The first kappa shape index (κ1) is 19.1. The summed E-state index contributed by atoms with van der Waals surface area (Å²) < 4.78 is 37.6. The van der Waals surface area contributed by atoms with Crippen LogP contribution in [0.15, 0.2) is 23.4 Å². The summed E-state index contributed by atoms with van der Waals surface area (Å²) in [5, 5.41) is 3.10. The summed E-state index contributed by atoms with van der Waals surface area (Å²) in [6.45, 7) is 6.10. The molecule has 0 unspecified atom stereocenters. The largest absolute Gasteiger partial charge is 0.417 e. The zero-order chi connectivity index (χ0) is 17.9. The summed E-state index contributed by atoms with van der Waals surface area (Å²) in [5.74, 6) is 0.931. The van der Waals surface area contributed by atoms with Gasteiger partial charge in [0, 0.05) is 12.2 Å². The van der Waals surface area contributed by atoms with Crippen molar-refractivity contribution in [3.05, 3.63) is 23.9 Å². The molecule has 0 aromatic carbocycles. The number of rotatable bonds is 4. The van der Waals surface area contributed by atoms with E-state index in [0.717, 1.165) is 25.1 Å². The van der Waals surface area contributed by atoms with E-state index in [0.29, 0.717) is 16.9 Å². The molecule has 3 nitrogen and oxygen atoms in total. The fraction of sp³-hybridized carbons (Fsp3) is 0.647. The average Bonchev–Trinajstić information content (AvgIpc) is 2.51. The first-order valence-electron chi connectivity index (χ1n) is 8.18. The molecule has 7 heteroatoms. The molecule has 1 N–H and O–H groups in total. The summed E-state index contributed by atoms with van der Waals surface area (Å²) in [4.78, 5) is 16.2. The van der Waals surface area contributed by atoms with Crippen molar-refractivity contribution in [3.8, 4) is 0 Å². The molecule has 1 fully saturated rings. The fourth-order valence-electron chi connectivity index (χ4n) is 2.94. The van der Waals surface area contributed by atoms with Crippen LogP contribution in [0.1, 0.15) is 45.6 Å². The monoisotopic (exact) mass is 360 g/mol. The second kappa shape index (κ2) is 7.76. The van der Waals surface area contributed by atoms with Gasteiger partial charge in [0.05, 0.1) is 15.8 Å². The molecule has 1 aromatic rings. The normalized spacial score (nSPS) is 26.0. The minimum absolute atomic E-state index is 0.0901. The number of hydrogen-bond acceptors (Lipinski definition) is 3. The molecule has 1 saturated carbocycles. The minimum atomic E-state index is -4.40. The number of nitrogens with zero attached hydrogens (tertiary/aromatic N) is 1. The lowest BCUT2D eigenvalue weighted by Gasteiger charge is -2.35. The van der Waals surface area contributed by atoms with Crippen molar-refractivity contribution in [2.24, 2.45) is 11.8 Å². The van der Waals surface area contributed by atoms with Crippen LogP contribution in [-0.4, -0.2) is 22.2 Å². The number of amides is 1. The first-order chi connectivity index (χ1) is 11.2. The van der Waals surface area contributed by atoms with Crippen LogP contribution in [-0.2, 0) is 11.0 Å². The van der Waals surface area contributed by atoms with Gasteiger partial charge in [0.2, 0.25) is 5.91 Å². The van der Waals surface area contributed by atoms with Gasteiger partial charge in [-0.25, -0.2) is 4.98 Å². The van der Waals surface area contributed by atoms with Crippen LogP contribution < -0.4 is 5.32 Å². The Labute approximate surface area is 144 Å². The number of alkyl halides is 3. The zero-order valence-electron chi connectivity index (χ0n) is 14.1. The van der Waals surface area contributed by atoms with Gasteiger partial charge in [-0.05, 0) is 37.3 Å². The molecule has 4 atom stereocenters. The zero-order valence-corrected chi connectivity index (χ0v) is 14.9. The van der Waals surface area contributed by atoms with Gasteiger partial charge in [0.1, 0.15) is 0 Å². The summed E-state index contributed by atoms with van der Waals surface area (Å²) >= 11 is 1.17. The Bertz CT molecular complexity index is 562. The lowest BCUT2D eigenvalue weighted by Crippen LogP contribution is -2.46. The van der Waals surface area contributed by atoms with Crippen LogP contribution >= 0.6 is 11.8 Å². The van der Waals surface area contributed by atoms with E-state index in [2.05, 4.69) is 24.1 Å². The Balaban J connectivity index is 1.91. The van der Waals surface area contributed by atoms with Crippen molar-refractivity contribution >= 4 is 17.7 Å². The number of nitrogens with one attached hydrogen (secondary N) is 1. The van der Waals surface area contributed by atoms with Crippen molar-refractivity contribution < 1.29 is 18.0 Å². The van der Waals surface area contributed by atoms with Gasteiger partial charge < -0.3 is 5.32 Å². The highest BCUT2D eigenvalue weighted by Crippen LogP contribution is 2.31. The standard InChI is InChI=1S/C17H23F3N2OS/c1-10-5-4-6-14(11(10)2)22-16(23)12(3)24-15-8-7-13(9-21-15)17(18,19)20/h7-12,14H,4-6H2,1-3H3,(H,22,23)/t10-,11+,12-,14+/m0/s1. The molecule has 0 spiro atoms. The van der Waals surface area contributed by atoms with Crippen molar-refractivity contribution in [2.45, 2.75) is 62.5 Å². The third-order valence-corrected chi connectivity index (χ3v) is 5.82. The number of hydrogen-bond donors (Lipinski definition) is 1. The predicted octanol–water partition coefficient (Wildman–Crippen LogP) is 4.52. The number of carbonyl (C=O) groups excluding carboxylic acids is 1. The molecule has 1 amide bonds. The van der Waals surface area contributed by atoms with E-state index >= 15 is 0 Å². The molecule has 0 aliphatic heterocycles. The molecule has 2 rings (SSSR count). The summed E-state index contributed by atoms with van der Waals surface area (Å²) in [7, 11) is 0. The maximum atomic E-state index is 12.5. The van der Waals surface area contributed by atoms with E-state index in [1.165, 1.54) is 24.2 Å². The van der Waals surface area contributed by atoms with Gasteiger partial charge in [0.15, 0.2) is 0 Å². The van der Waals surface area contributed by atoms with E-state index in [-0.39, 0.29) is 11.9 Å². The first-order valence-corrected chi connectivity index (χ1v) is 9.06. The van der Waals surface area contributed by atoms with Gasteiger partial charge in [-0.15, -0.1) is 0 Å². The molecular formula is C17H23F3N2OS. The summed E-state index contributed by atoms with van der Waals surface area (Å²) in [6.07, 6.45) is -0.316. The van der Waals surface area contributed by atoms with E-state index in [9.17, 15) is 18.0 Å². The Morgan fingerprint density at radius 3 is 2.62 bits per heavy atom. The van der Waals surface area contributed by atoms with Crippen LogP contribution in [0.2, 0.25) is 0 Å². The second-order valence-electron chi connectivity index (χ2n) is 6.53. The Morgan fingerprint density at radius 1 is 1.33 bits per heavy atom. The topological polar surface area (TPSA) is 42.0 Å². The van der Waals surface area contributed by atoms with E-state index in [1.807, 2.05) is 0 Å². The Kier molecular flexibility index (Phi) is 6.17. The fourth-order valence-corrected chi connectivity index (χ4v) is 3.74. The van der Waals surface area contributed by atoms with Gasteiger partial charge in [-0.3, -0.25) is 4.79 Å².